The van der Waals surface area contributed by atoms with Crippen LogP contribution < -0.4 is 25.4 Å². The molecule has 3 N–H and O–H groups in total. The van der Waals surface area contributed by atoms with Gasteiger partial charge in [-0.3, -0.25) is 9.79 Å². The number of ether oxygens (including phenoxy) is 2. The normalized spacial score (nSPS) is 11.2. The summed E-state index contributed by atoms with van der Waals surface area (Å²) in [5.41, 5.74) is 0.794. The van der Waals surface area contributed by atoms with E-state index in [1.54, 1.807) is 14.2 Å². The number of halogens is 1. The SMILES string of the molecule is CN=C(NCC(=O)NC(C)(C)C)NCc1ccc(Oc2ccccc2OC)cc1.I. The van der Waals surface area contributed by atoms with Crippen molar-refractivity contribution in [3.63, 3.8) is 0 Å². The summed E-state index contributed by atoms with van der Waals surface area (Å²) in [6, 6.07) is 15.2. The van der Waals surface area contributed by atoms with Crippen molar-refractivity contribution in [2.24, 2.45) is 4.99 Å². The molecule has 0 saturated carbocycles. The van der Waals surface area contributed by atoms with Crippen LogP contribution in [0.5, 0.6) is 17.2 Å². The third-order valence-corrected chi connectivity index (χ3v) is 3.83. The lowest BCUT2D eigenvalue weighted by atomic mass is 10.1. The van der Waals surface area contributed by atoms with E-state index in [0.29, 0.717) is 24.0 Å². The van der Waals surface area contributed by atoms with Gasteiger partial charge in [-0.25, -0.2) is 0 Å². The largest absolute Gasteiger partial charge is 0.493 e. The number of carbonyl (C=O) groups excluding carboxylic acids is 1. The highest BCUT2D eigenvalue weighted by Crippen LogP contribution is 2.30. The highest BCUT2D eigenvalue weighted by atomic mass is 127. The summed E-state index contributed by atoms with van der Waals surface area (Å²) in [7, 11) is 3.28. The van der Waals surface area contributed by atoms with Crippen LogP contribution in [-0.4, -0.2) is 38.1 Å². The number of amides is 1. The molecule has 7 nitrogen and oxygen atoms in total. The van der Waals surface area contributed by atoms with E-state index in [9.17, 15) is 4.79 Å². The molecule has 0 heterocycles. The van der Waals surface area contributed by atoms with Crippen molar-refractivity contribution >= 4 is 35.8 Å². The molecule has 2 rings (SSSR count). The molecule has 0 aliphatic heterocycles. The molecule has 0 aliphatic carbocycles. The molecule has 0 saturated heterocycles. The number of rotatable bonds is 7. The molecule has 0 spiro atoms. The van der Waals surface area contributed by atoms with Crippen LogP contribution in [0.2, 0.25) is 0 Å². The van der Waals surface area contributed by atoms with Gasteiger partial charge in [0, 0.05) is 19.1 Å². The maximum absolute atomic E-state index is 11.9. The van der Waals surface area contributed by atoms with Crippen molar-refractivity contribution in [1.82, 2.24) is 16.0 Å². The fraction of sp³-hybridized carbons (Fsp3) is 0.364. The average Bonchev–Trinajstić information content (AvgIpc) is 2.68. The number of nitrogens with zero attached hydrogens (tertiary/aromatic N) is 1. The van der Waals surface area contributed by atoms with Crippen molar-refractivity contribution in [1.29, 1.82) is 0 Å². The number of nitrogens with one attached hydrogen (secondary N) is 3. The second-order valence-electron chi connectivity index (χ2n) is 7.47. The van der Waals surface area contributed by atoms with E-state index in [0.717, 1.165) is 11.3 Å². The van der Waals surface area contributed by atoms with Gasteiger partial charge in [-0.2, -0.15) is 0 Å². The zero-order valence-corrected chi connectivity index (χ0v) is 20.4. The Kier molecular flexibility index (Phi) is 10.4. The minimum Gasteiger partial charge on any atom is -0.493 e. The fourth-order valence-corrected chi connectivity index (χ4v) is 2.54. The Bertz CT molecular complexity index is 833. The van der Waals surface area contributed by atoms with Gasteiger partial charge in [0.1, 0.15) is 5.75 Å². The Morgan fingerprint density at radius 2 is 1.63 bits per heavy atom. The highest BCUT2D eigenvalue weighted by molar-refractivity contribution is 14.0. The van der Waals surface area contributed by atoms with Crippen molar-refractivity contribution in [3.05, 3.63) is 54.1 Å². The smallest absolute Gasteiger partial charge is 0.239 e. The van der Waals surface area contributed by atoms with Gasteiger partial charge < -0.3 is 25.4 Å². The maximum atomic E-state index is 11.9. The van der Waals surface area contributed by atoms with Crippen LogP contribution in [0.4, 0.5) is 0 Å². The first-order valence-corrected chi connectivity index (χ1v) is 9.46. The third-order valence-electron chi connectivity index (χ3n) is 3.83. The summed E-state index contributed by atoms with van der Waals surface area (Å²) >= 11 is 0. The number of hydrogen-bond acceptors (Lipinski definition) is 4. The molecule has 0 aromatic heterocycles. The van der Waals surface area contributed by atoms with Crippen LogP contribution in [0, 0.1) is 0 Å². The molecular weight excluding hydrogens is 495 g/mol. The van der Waals surface area contributed by atoms with E-state index in [-0.39, 0.29) is 42.0 Å². The molecule has 0 atom stereocenters. The monoisotopic (exact) mass is 526 g/mol. The van der Waals surface area contributed by atoms with E-state index in [1.165, 1.54) is 0 Å². The Balaban J connectivity index is 0.00000450. The second kappa shape index (κ2) is 12.3. The Morgan fingerprint density at radius 1 is 1.00 bits per heavy atom. The summed E-state index contributed by atoms with van der Waals surface area (Å²) < 4.78 is 11.2. The maximum Gasteiger partial charge on any atom is 0.239 e. The summed E-state index contributed by atoms with van der Waals surface area (Å²) in [6.07, 6.45) is 0. The number of aliphatic imine (C=N–C) groups is 1. The second-order valence-corrected chi connectivity index (χ2v) is 7.47. The van der Waals surface area contributed by atoms with Gasteiger partial charge in [0.05, 0.1) is 13.7 Å². The summed E-state index contributed by atoms with van der Waals surface area (Å²) in [6.45, 7) is 6.55. The Hall–Kier alpha value is -2.49. The van der Waals surface area contributed by atoms with Gasteiger partial charge in [-0.15, -0.1) is 24.0 Å². The Morgan fingerprint density at radius 3 is 2.20 bits per heavy atom. The standard InChI is InChI=1S/C22H30N4O3.HI/c1-22(2,3)26-20(27)15-25-21(23-4)24-14-16-10-12-17(13-11-16)29-19-9-7-6-8-18(19)28-5;/h6-13H,14-15H2,1-5H3,(H,26,27)(H2,23,24,25);1H. The molecule has 0 aliphatic rings. The van der Waals surface area contributed by atoms with Crippen LogP contribution in [0.3, 0.4) is 0 Å². The first kappa shape index (κ1) is 25.5. The predicted octanol–water partition coefficient (Wildman–Crippen LogP) is 3.69. The minimum absolute atomic E-state index is 0. The molecule has 0 bridgehead atoms. The van der Waals surface area contributed by atoms with Gasteiger partial charge >= 0.3 is 0 Å². The predicted molar refractivity (Wildman–Crippen MR) is 131 cm³/mol. The highest BCUT2D eigenvalue weighted by Gasteiger charge is 2.13. The summed E-state index contributed by atoms with van der Waals surface area (Å²) in [4.78, 5) is 16.0. The fourth-order valence-electron chi connectivity index (χ4n) is 2.54. The van der Waals surface area contributed by atoms with E-state index >= 15 is 0 Å². The first-order valence-electron chi connectivity index (χ1n) is 9.46. The molecule has 30 heavy (non-hydrogen) atoms. The van der Waals surface area contributed by atoms with Crippen LogP contribution >= 0.6 is 24.0 Å². The molecule has 2 aromatic rings. The molecule has 8 heteroatoms. The Labute approximate surface area is 195 Å². The van der Waals surface area contributed by atoms with Crippen molar-refractivity contribution < 1.29 is 14.3 Å². The van der Waals surface area contributed by atoms with E-state index < -0.39 is 0 Å². The van der Waals surface area contributed by atoms with Gasteiger partial charge in [-0.1, -0.05) is 24.3 Å². The quantitative estimate of drug-likeness (QED) is 0.291. The van der Waals surface area contributed by atoms with Crippen LogP contribution in [-0.2, 0) is 11.3 Å². The van der Waals surface area contributed by atoms with E-state index in [2.05, 4.69) is 20.9 Å². The van der Waals surface area contributed by atoms with Crippen LogP contribution in [0.25, 0.3) is 0 Å². The van der Waals surface area contributed by atoms with E-state index in [1.807, 2.05) is 69.3 Å². The lowest BCUT2D eigenvalue weighted by Gasteiger charge is -2.21. The molecule has 0 fully saturated rings. The van der Waals surface area contributed by atoms with Gasteiger partial charge in [0.2, 0.25) is 5.91 Å². The number of para-hydroxylation sites is 2. The topological polar surface area (TPSA) is 84.0 Å². The lowest BCUT2D eigenvalue weighted by molar-refractivity contribution is -0.121. The molecular formula is C22H31IN4O3. The molecule has 164 valence electrons. The number of guanidine groups is 1. The molecule has 2 aromatic carbocycles. The van der Waals surface area contributed by atoms with Crippen molar-refractivity contribution in [2.75, 3.05) is 20.7 Å². The van der Waals surface area contributed by atoms with Crippen molar-refractivity contribution in [2.45, 2.75) is 32.9 Å². The molecule has 0 radical (unpaired) electrons. The van der Waals surface area contributed by atoms with Gasteiger partial charge in [0.25, 0.3) is 0 Å². The first-order chi connectivity index (χ1) is 13.8. The van der Waals surface area contributed by atoms with Crippen LogP contribution in [0.15, 0.2) is 53.5 Å². The van der Waals surface area contributed by atoms with Gasteiger partial charge in [-0.05, 0) is 50.6 Å². The average molecular weight is 526 g/mol. The van der Waals surface area contributed by atoms with Gasteiger partial charge in [0.15, 0.2) is 17.5 Å². The third kappa shape index (κ3) is 8.89. The van der Waals surface area contributed by atoms with E-state index in [4.69, 9.17) is 9.47 Å². The number of methoxy groups -OCH3 is 1. The number of benzene rings is 2. The molecule has 1 amide bonds. The zero-order chi connectivity index (χ0) is 21.3. The van der Waals surface area contributed by atoms with Crippen LogP contribution in [0.1, 0.15) is 26.3 Å². The lowest BCUT2D eigenvalue weighted by Crippen LogP contribution is -2.48. The minimum atomic E-state index is -0.261. The number of carbonyl (C=O) groups is 1. The van der Waals surface area contributed by atoms with Crippen molar-refractivity contribution in [3.8, 4) is 17.2 Å². The number of hydrogen-bond donors (Lipinski definition) is 3. The summed E-state index contributed by atoms with van der Waals surface area (Å²) in [5.74, 6) is 2.55. The molecule has 0 unspecified atom stereocenters. The summed E-state index contributed by atoms with van der Waals surface area (Å²) in [5, 5.41) is 9.10. The zero-order valence-electron chi connectivity index (χ0n) is 18.1.